The predicted octanol–water partition coefficient (Wildman–Crippen LogP) is 3.88. The van der Waals surface area contributed by atoms with Gasteiger partial charge in [-0.3, -0.25) is 4.79 Å². The monoisotopic (exact) mass is 272 g/mol. The van der Waals surface area contributed by atoms with Gasteiger partial charge in [0.15, 0.2) is 5.78 Å². The average Bonchev–Trinajstić information content (AvgIpc) is 2.45. The van der Waals surface area contributed by atoms with Crippen molar-refractivity contribution in [3.63, 3.8) is 0 Å². The summed E-state index contributed by atoms with van der Waals surface area (Å²) in [5.74, 6) is 0.502. The molecule has 0 atom stereocenters. The molecule has 0 radical (unpaired) electrons. The van der Waals surface area contributed by atoms with Crippen LogP contribution >= 0.6 is 0 Å². The van der Waals surface area contributed by atoms with Crippen LogP contribution in [0.3, 0.4) is 0 Å². The van der Waals surface area contributed by atoms with E-state index in [2.05, 4.69) is 0 Å². The van der Waals surface area contributed by atoms with Gasteiger partial charge in [-0.1, -0.05) is 12.1 Å². The van der Waals surface area contributed by atoms with Gasteiger partial charge in [0.1, 0.15) is 11.6 Å². The zero-order valence-electron chi connectivity index (χ0n) is 11.9. The Hall–Kier alpha value is -2.16. The number of benzene rings is 2. The summed E-state index contributed by atoms with van der Waals surface area (Å²) in [5.41, 5.74) is 2.47. The van der Waals surface area contributed by atoms with Crippen molar-refractivity contribution in [2.45, 2.75) is 20.3 Å². The highest BCUT2D eigenvalue weighted by molar-refractivity contribution is 5.97. The highest BCUT2D eigenvalue weighted by Gasteiger charge is 2.11. The molecule has 0 bridgehead atoms. The van der Waals surface area contributed by atoms with Gasteiger partial charge < -0.3 is 4.74 Å². The molecule has 20 heavy (non-hydrogen) atoms. The van der Waals surface area contributed by atoms with Crippen LogP contribution < -0.4 is 4.74 Å². The van der Waals surface area contributed by atoms with Crippen LogP contribution in [0.5, 0.6) is 5.75 Å². The molecule has 0 aliphatic carbocycles. The number of ether oxygens (including phenoxy) is 1. The van der Waals surface area contributed by atoms with Gasteiger partial charge in [0.05, 0.1) is 7.11 Å². The first kappa shape index (κ1) is 14.3. The van der Waals surface area contributed by atoms with Crippen molar-refractivity contribution >= 4 is 5.78 Å². The summed E-state index contributed by atoms with van der Waals surface area (Å²) in [6.07, 6.45) is 0.300. The summed E-state index contributed by atoms with van der Waals surface area (Å²) in [5, 5.41) is 0. The Kier molecular flexibility index (Phi) is 4.18. The molecule has 2 rings (SSSR count). The van der Waals surface area contributed by atoms with E-state index in [0.29, 0.717) is 23.1 Å². The maximum absolute atomic E-state index is 13.6. The highest BCUT2D eigenvalue weighted by atomic mass is 19.1. The van der Waals surface area contributed by atoms with Gasteiger partial charge >= 0.3 is 0 Å². The largest absolute Gasteiger partial charge is 0.497 e. The molecule has 0 saturated carbocycles. The van der Waals surface area contributed by atoms with Gasteiger partial charge in [-0.15, -0.1) is 0 Å². The Morgan fingerprint density at radius 3 is 2.15 bits per heavy atom. The van der Waals surface area contributed by atoms with E-state index in [1.54, 1.807) is 33.1 Å². The zero-order valence-corrected chi connectivity index (χ0v) is 11.9. The normalized spacial score (nSPS) is 10.4. The van der Waals surface area contributed by atoms with Gasteiger partial charge in [0, 0.05) is 12.0 Å². The Bertz CT molecular complexity index is 607. The van der Waals surface area contributed by atoms with Crippen molar-refractivity contribution in [3.8, 4) is 5.75 Å². The standard InChI is InChI=1S/C17H17FO2/c1-11-8-14(9-12(2)17(11)18)16(19)10-13-4-6-15(20-3)7-5-13/h4-9H,10H2,1-3H3. The van der Waals surface area contributed by atoms with E-state index in [1.807, 2.05) is 24.3 Å². The number of methoxy groups -OCH3 is 1. The number of ketones is 1. The Balaban J connectivity index is 2.19. The Labute approximate surface area is 118 Å². The lowest BCUT2D eigenvalue weighted by atomic mass is 9.99. The number of halogens is 1. The van der Waals surface area contributed by atoms with Crippen LogP contribution in [-0.2, 0) is 6.42 Å². The maximum atomic E-state index is 13.6. The molecule has 0 unspecified atom stereocenters. The molecule has 0 saturated heterocycles. The fourth-order valence-electron chi connectivity index (χ4n) is 2.14. The van der Waals surface area contributed by atoms with E-state index in [9.17, 15) is 9.18 Å². The van der Waals surface area contributed by atoms with Crippen molar-refractivity contribution in [1.82, 2.24) is 0 Å². The molecular formula is C17H17FO2. The van der Waals surface area contributed by atoms with Crippen LogP contribution in [0.2, 0.25) is 0 Å². The summed E-state index contributed by atoms with van der Waals surface area (Å²) in [4.78, 5) is 12.2. The van der Waals surface area contributed by atoms with E-state index < -0.39 is 0 Å². The molecule has 2 aromatic carbocycles. The summed E-state index contributed by atoms with van der Waals surface area (Å²) < 4.78 is 18.6. The maximum Gasteiger partial charge on any atom is 0.167 e. The van der Waals surface area contributed by atoms with Crippen LogP contribution in [0.25, 0.3) is 0 Å². The minimum atomic E-state index is -0.244. The number of carbonyl (C=O) groups excluding carboxylic acids is 1. The molecule has 104 valence electrons. The molecule has 0 N–H and O–H groups in total. The van der Waals surface area contributed by atoms with Gasteiger partial charge in [-0.25, -0.2) is 4.39 Å². The number of hydrogen-bond acceptors (Lipinski definition) is 2. The predicted molar refractivity (Wildman–Crippen MR) is 76.9 cm³/mol. The SMILES string of the molecule is COc1ccc(CC(=O)c2cc(C)c(F)c(C)c2)cc1. The van der Waals surface area contributed by atoms with Crippen molar-refractivity contribution < 1.29 is 13.9 Å². The molecular weight excluding hydrogens is 255 g/mol. The van der Waals surface area contributed by atoms with Crippen LogP contribution in [0, 0.1) is 19.7 Å². The lowest BCUT2D eigenvalue weighted by Crippen LogP contribution is -2.05. The molecule has 0 amide bonds. The van der Waals surface area contributed by atoms with E-state index in [1.165, 1.54) is 0 Å². The second kappa shape index (κ2) is 5.87. The van der Waals surface area contributed by atoms with Gasteiger partial charge in [-0.05, 0) is 54.8 Å². The fourth-order valence-corrected chi connectivity index (χ4v) is 2.14. The van der Waals surface area contributed by atoms with Crippen LogP contribution in [0.4, 0.5) is 4.39 Å². The second-order valence-corrected chi connectivity index (χ2v) is 4.87. The van der Waals surface area contributed by atoms with Gasteiger partial charge in [0.25, 0.3) is 0 Å². The van der Waals surface area contributed by atoms with E-state index in [0.717, 1.165) is 11.3 Å². The van der Waals surface area contributed by atoms with E-state index in [4.69, 9.17) is 4.74 Å². The summed E-state index contributed by atoms with van der Waals surface area (Å²) in [6.45, 7) is 3.35. The molecule has 0 aliphatic heterocycles. The minimum Gasteiger partial charge on any atom is -0.497 e. The van der Waals surface area contributed by atoms with E-state index >= 15 is 0 Å². The molecule has 2 aromatic rings. The Morgan fingerprint density at radius 2 is 1.65 bits per heavy atom. The highest BCUT2D eigenvalue weighted by Crippen LogP contribution is 2.18. The van der Waals surface area contributed by atoms with Gasteiger partial charge in [0.2, 0.25) is 0 Å². The third kappa shape index (κ3) is 3.05. The second-order valence-electron chi connectivity index (χ2n) is 4.87. The number of aryl methyl sites for hydroxylation is 2. The molecule has 0 heterocycles. The topological polar surface area (TPSA) is 26.3 Å². The smallest absolute Gasteiger partial charge is 0.167 e. The summed E-state index contributed by atoms with van der Waals surface area (Å²) in [7, 11) is 1.60. The van der Waals surface area contributed by atoms with Crippen molar-refractivity contribution in [3.05, 3.63) is 64.5 Å². The van der Waals surface area contributed by atoms with Crippen molar-refractivity contribution in [2.24, 2.45) is 0 Å². The lowest BCUT2D eigenvalue weighted by molar-refractivity contribution is 0.0992. The van der Waals surface area contributed by atoms with Crippen LogP contribution in [0.15, 0.2) is 36.4 Å². The van der Waals surface area contributed by atoms with Crippen molar-refractivity contribution in [2.75, 3.05) is 7.11 Å². The zero-order chi connectivity index (χ0) is 14.7. The number of carbonyl (C=O) groups is 1. The molecule has 0 aliphatic rings. The number of hydrogen-bond donors (Lipinski definition) is 0. The fraction of sp³-hybridized carbons (Fsp3) is 0.235. The first-order chi connectivity index (χ1) is 9.51. The number of rotatable bonds is 4. The van der Waals surface area contributed by atoms with Crippen LogP contribution in [-0.4, -0.2) is 12.9 Å². The lowest BCUT2D eigenvalue weighted by Gasteiger charge is -2.07. The molecule has 3 heteroatoms. The number of Topliss-reactive ketones (excluding diaryl/α,β-unsaturated/α-hetero) is 1. The summed E-state index contributed by atoms with van der Waals surface area (Å²) >= 11 is 0. The summed E-state index contributed by atoms with van der Waals surface area (Å²) in [6, 6.07) is 10.6. The minimum absolute atomic E-state index is 0.0126. The first-order valence-corrected chi connectivity index (χ1v) is 6.44. The molecule has 0 fully saturated rings. The third-order valence-corrected chi connectivity index (χ3v) is 3.28. The van der Waals surface area contributed by atoms with E-state index in [-0.39, 0.29) is 11.6 Å². The van der Waals surface area contributed by atoms with Gasteiger partial charge in [-0.2, -0.15) is 0 Å². The molecule has 0 aromatic heterocycles. The molecule has 2 nitrogen and oxygen atoms in total. The molecule has 0 spiro atoms. The first-order valence-electron chi connectivity index (χ1n) is 6.44. The Morgan fingerprint density at radius 1 is 1.10 bits per heavy atom. The quantitative estimate of drug-likeness (QED) is 0.790. The van der Waals surface area contributed by atoms with Crippen molar-refractivity contribution in [1.29, 1.82) is 0 Å². The average molecular weight is 272 g/mol. The third-order valence-electron chi connectivity index (χ3n) is 3.28. The van der Waals surface area contributed by atoms with Crippen LogP contribution in [0.1, 0.15) is 27.0 Å².